The molecule has 0 amide bonds. The predicted octanol–water partition coefficient (Wildman–Crippen LogP) is 6.70. The molecule has 3 aromatic heterocycles. The standard InChI is InChI=1S/C35H31FN6O2/c36-30-27(32-33-34(37)38-13-14-42(33)35(40-32)23-19-24(20-23)41-15-17-43-18-16-41)12-11-26-29(44-25-9-5-2-6-10-25)21-28(39-31(26)30)22-7-3-1-4-8-22/h1-14,21,23-24H,15-20H2,(H2,37,38). The molecule has 4 heterocycles. The third kappa shape index (κ3) is 4.65. The van der Waals surface area contributed by atoms with E-state index in [-0.39, 0.29) is 11.4 Å². The number of pyridine rings is 1. The van der Waals surface area contributed by atoms with Gasteiger partial charge in [0.2, 0.25) is 0 Å². The van der Waals surface area contributed by atoms with Crippen molar-refractivity contribution < 1.29 is 13.9 Å². The van der Waals surface area contributed by atoms with Crippen molar-refractivity contribution in [2.75, 3.05) is 32.0 Å². The van der Waals surface area contributed by atoms with Gasteiger partial charge >= 0.3 is 0 Å². The summed E-state index contributed by atoms with van der Waals surface area (Å²) >= 11 is 0. The monoisotopic (exact) mass is 586 g/mol. The highest BCUT2D eigenvalue weighted by molar-refractivity contribution is 5.95. The van der Waals surface area contributed by atoms with Crippen LogP contribution >= 0.6 is 0 Å². The first-order valence-corrected chi connectivity index (χ1v) is 15.0. The van der Waals surface area contributed by atoms with Crippen LogP contribution in [0, 0.1) is 5.82 Å². The molecule has 9 heteroatoms. The number of hydrogen-bond donors (Lipinski definition) is 1. The number of ether oxygens (including phenoxy) is 2. The summed E-state index contributed by atoms with van der Waals surface area (Å²) in [4.78, 5) is 16.7. The van der Waals surface area contributed by atoms with Crippen LogP contribution in [0.25, 0.3) is 38.9 Å². The molecule has 3 aromatic carbocycles. The molecule has 6 aromatic rings. The van der Waals surface area contributed by atoms with Crippen LogP contribution in [0.2, 0.25) is 0 Å². The largest absolute Gasteiger partial charge is 0.457 e. The Balaban J connectivity index is 1.24. The van der Waals surface area contributed by atoms with Gasteiger partial charge in [-0.15, -0.1) is 0 Å². The van der Waals surface area contributed by atoms with Crippen molar-refractivity contribution in [3.8, 4) is 34.0 Å². The molecule has 1 saturated heterocycles. The number of hydrogen-bond acceptors (Lipinski definition) is 7. The van der Waals surface area contributed by atoms with Gasteiger partial charge in [-0.2, -0.15) is 0 Å². The fraction of sp³-hybridized carbons (Fsp3) is 0.229. The summed E-state index contributed by atoms with van der Waals surface area (Å²) in [7, 11) is 0. The molecule has 0 spiro atoms. The van der Waals surface area contributed by atoms with E-state index in [9.17, 15) is 0 Å². The number of halogens is 1. The number of anilines is 1. The van der Waals surface area contributed by atoms with Crippen molar-refractivity contribution in [2.24, 2.45) is 0 Å². The number of para-hydroxylation sites is 1. The van der Waals surface area contributed by atoms with Gasteiger partial charge in [0.25, 0.3) is 0 Å². The molecule has 1 saturated carbocycles. The molecule has 2 fully saturated rings. The number of nitrogen functional groups attached to an aromatic ring is 1. The van der Waals surface area contributed by atoms with Crippen molar-refractivity contribution >= 4 is 22.2 Å². The first-order valence-electron chi connectivity index (χ1n) is 15.0. The summed E-state index contributed by atoms with van der Waals surface area (Å²) in [6, 6.07) is 25.1. The number of nitrogens with two attached hydrogens (primary N) is 1. The SMILES string of the molecule is Nc1nccn2c(C3CC(N4CCOCC4)C3)nc(-c3ccc4c(Oc5ccccc5)cc(-c5ccccc5)nc4c3F)c12. The van der Waals surface area contributed by atoms with Crippen molar-refractivity contribution in [2.45, 2.75) is 24.8 Å². The van der Waals surface area contributed by atoms with Crippen LogP contribution in [0.1, 0.15) is 24.6 Å². The molecule has 0 unspecified atom stereocenters. The van der Waals surface area contributed by atoms with Gasteiger partial charge in [0.15, 0.2) is 5.82 Å². The first kappa shape index (κ1) is 26.7. The minimum atomic E-state index is -0.479. The number of imidazole rings is 1. The summed E-state index contributed by atoms with van der Waals surface area (Å²) in [5.74, 6) is 2.13. The van der Waals surface area contributed by atoms with Gasteiger partial charge in [0.1, 0.15) is 39.9 Å². The van der Waals surface area contributed by atoms with E-state index in [0.29, 0.717) is 51.2 Å². The van der Waals surface area contributed by atoms with E-state index in [1.165, 1.54) is 0 Å². The van der Waals surface area contributed by atoms with E-state index >= 15 is 4.39 Å². The Morgan fingerprint density at radius 1 is 0.909 bits per heavy atom. The average Bonchev–Trinajstić information content (AvgIpc) is 3.42. The molecule has 0 bridgehead atoms. The third-order valence-electron chi connectivity index (χ3n) is 8.83. The fourth-order valence-corrected chi connectivity index (χ4v) is 6.47. The van der Waals surface area contributed by atoms with Crippen molar-refractivity contribution in [3.05, 3.63) is 103 Å². The van der Waals surface area contributed by atoms with Crippen molar-refractivity contribution in [1.82, 2.24) is 24.3 Å². The van der Waals surface area contributed by atoms with E-state index in [0.717, 1.165) is 50.5 Å². The molecule has 1 aliphatic carbocycles. The van der Waals surface area contributed by atoms with Crippen LogP contribution < -0.4 is 10.5 Å². The topological polar surface area (TPSA) is 90.8 Å². The van der Waals surface area contributed by atoms with E-state index in [4.69, 9.17) is 25.2 Å². The Kier molecular flexibility index (Phi) is 6.69. The Morgan fingerprint density at radius 2 is 1.66 bits per heavy atom. The second-order valence-corrected chi connectivity index (χ2v) is 11.4. The Hall–Kier alpha value is -4.86. The molecular weight excluding hydrogens is 555 g/mol. The lowest BCUT2D eigenvalue weighted by Crippen LogP contribution is -2.49. The summed E-state index contributed by atoms with van der Waals surface area (Å²) in [6.45, 7) is 3.47. The molecule has 8 rings (SSSR count). The fourth-order valence-electron chi connectivity index (χ4n) is 6.47. The van der Waals surface area contributed by atoms with Crippen molar-refractivity contribution in [1.29, 1.82) is 0 Å². The summed E-state index contributed by atoms with van der Waals surface area (Å²) < 4.78 is 30.6. The Bertz CT molecular complexity index is 1970. The maximum Gasteiger partial charge on any atom is 0.159 e. The van der Waals surface area contributed by atoms with Crippen molar-refractivity contribution in [3.63, 3.8) is 0 Å². The molecule has 2 aliphatic rings. The summed E-state index contributed by atoms with van der Waals surface area (Å²) in [5.41, 5.74) is 9.51. The highest BCUT2D eigenvalue weighted by atomic mass is 19.1. The third-order valence-corrected chi connectivity index (χ3v) is 8.83. The summed E-state index contributed by atoms with van der Waals surface area (Å²) in [6.07, 6.45) is 5.52. The summed E-state index contributed by atoms with van der Waals surface area (Å²) in [5, 5.41) is 0.567. The van der Waals surface area contributed by atoms with Gasteiger partial charge in [-0.3, -0.25) is 9.30 Å². The molecule has 220 valence electrons. The average molecular weight is 587 g/mol. The van der Waals surface area contributed by atoms with Gasteiger partial charge in [0, 0.05) is 60.0 Å². The van der Waals surface area contributed by atoms with E-state index in [1.54, 1.807) is 12.3 Å². The number of benzene rings is 3. The zero-order chi connectivity index (χ0) is 29.6. The minimum Gasteiger partial charge on any atom is -0.457 e. The lowest BCUT2D eigenvalue weighted by Gasteiger charge is -2.43. The number of morpholine rings is 1. The first-order chi connectivity index (χ1) is 21.6. The van der Waals surface area contributed by atoms with E-state index < -0.39 is 5.82 Å². The molecule has 44 heavy (non-hydrogen) atoms. The molecule has 8 nitrogen and oxygen atoms in total. The zero-order valence-electron chi connectivity index (χ0n) is 24.1. The lowest BCUT2D eigenvalue weighted by atomic mass is 9.78. The van der Waals surface area contributed by atoms with Gasteiger partial charge < -0.3 is 15.2 Å². The minimum absolute atomic E-state index is 0.205. The van der Waals surface area contributed by atoms with Crippen LogP contribution in [0.15, 0.2) is 91.3 Å². The molecule has 1 aliphatic heterocycles. The number of aromatic nitrogens is 4. The van der Waals surface area contributed by atoms with Gasteiger partial charge in [-0.1, -0.05) is 48.5 Å². The van der Waals surface area contributed by atoms with Crippen LogP contribution in [-0.4, -0.2) is 56.6 Å². The van der Waals surface area contributed by atoms with Gasteiger partial charge in [-0.05, 0) is 37.1 Å². The second kappa shape index (κ2) is 11.0. The molecule has 0 atom stereocenters. The van der Waals surface area contributed by atoms with E-state index in [2.05, 4.69) is 9.88 Å². The van der Waals surface area contributed by atoms with Crippen LogP contribution in [0.3, 0.4) is 0 Å². The highest BCUT2D eigenvalue weighted by Crippen LogP contribution is 2.43. The Labute approximate surface area is 253 Å². The Morgan fingerprint density at radius 3 is 2.43 bits per heavy atom. The second-order valence-electron chi connectivity index (χ2n) is 11.4. The van der Waals surface area contributed by atoms with Crippen LogP contribution in [0.5, 0.6) is 11.5 Å². The number of nitrogens with zero attached hydrogens (tertiary/aromatic N) is 5. The quantitative estimate of drug-likeness (QED) is 0.232. The van der Waals surface area contributed by atoms with E-state index in [1.807, 2.05) is 83.4 Å². The highest BCUT2D eigenvalue weighted by Gasteiger charge is 2.38. The lowest BCUT2D eigenvalue weighted by molar-refractivity contribution is -0.00778. The number of rotatable bonds is 6. The normalized spacial score (nSPS) is 18.8. The predicted molar refractivity (Wildman–Crippen MR) is 168 cm³/mol. The zero-order valence-corrected chi connectivity index (χ0v) is 24.1. The van der Waals surface area contributed by atoms with Gasteiger partial charge in [-0.25, -0.2) is 19.3 Å². The van der Waals surface area contributed by atoms with Crippen LogP contribution in [-0.2, 0) is 4.74 Å². The van der Waals surface area contributed by atoms with Crippen LogP contribution in [0.4, 0.5) is 10.2 Å². The number of fused-ring (bicyclic) bond motifs is 2. The maximum atomic E-state index is 16.8. The maximum absolute atomic E-state index is 16.8. The molecule has 2 N–H and O–H groups in total. The molecular formula is C35H31FN6O2. The molecule has 0 radical (unpaired) electrons. The van der Waals surface area contributed by atoms with Gasteiger partial charge in [0.05, 0.1) is 18.9 Å². The smallest absolute Gasteiger partial charge is 0.159 e.